The number of amides is 1. The average molecular weight is 245 g/mol. The Balaban J connectivity index is 2.30. The first kappa shape index (κ1) is 12.4. The Morgan fingerprint density at radius 2 is 2.00 bits per heavy atom. The molecule has 0 fully saturated rings. The number of methoxy groups -OCH3 is 1. The summed E-state index contributed by atoms with van der Waals surface area (Å²) in [5.74, 6) is 0. The van der Waals surface area contributed by atoms with Crippen molar-refractivity contribution in [2.45, 2.75) is 6.04 Å². The fraction of sp³-hybridized carbons (Fsp3) is 0.214. The van der Waals surface area contributed by atoms with Crippen LogP contribution in [-0.2, 0) is 4.74 Å². The summed E-state index contributed by atoms with van der Waals surface area (Å²) in [5, 5.41) is 14.1. The Kier molecular flexibility index (Phi) is 3.79. The number of carbonyl (C=O) groups is 1. The molecular formula is C14H15NO3. The molecule has 0 saturated heterocycles. The van der Waals surface area contributed by atoms with Gasteiger partial charge in [0.25, 0.3) is 0 Å². The topological polar surface area (TPSA) is 58.6 Å². The van der Waals surface area contributed by atoms with Crippen LogP contribution in [0.4, 0.5) is 4.79 Å². The minimum atomic E-state index is -0.554. The van der Waals surface area contributed by atoms with E-state index in [0.717, 1.165) is 16.3 Å². The SMILES string of the molecule is COC(=O)N[C@H](CO)c1ccc2ccccc2c1. The molecule has 0 aliphatic heterocycles. The second-order valence-electron chi connectivity index (χ2n) is 3.98. The molecule has 0 aliphatic carbocycles. The van der Waals surface area contributed by atoms with Crippen LogP contribution in [0.1, 0.15) is 11.6 Å². The third-order valence-electron chi connectivity index (χ3n) is 2.84. The van der Waals surface area contributed by atoms with Crippen LogP contribution in [0.3, 0.4) is 0 Å². The Bertz CT molecular complexity index is 553. The number of hydrogen-bond donors (Lipinski definition) is 2. The van der Waals surface area contributed by atoms with E-state index in [-0.39, 0.29) is 6.61 Å². The number of hydrogen-bond acceptors (Lipinski definition) is 3. The molecule has 0 bridgehead atoms. The predicted molar refractivity (Wildman–Crippen MR) is 69.3 cm³/mol. The summed E-state index contributed by atoms with van der Waals surface area (Å²) in [6.07, 6.45) is -0.554. The molecule has 0 aliphatic rings. The van der Waals surface area contributed by atoms with Gasteiger partial charge in [-0.05, 0) is 22.4 Å². The van der Waals surface area contributed by atoms with Gasteiger partial charge in [-0.3, -0.25) is 0 Å². The van der Waals surface area contributed by atoms with Crippen LogP contribution in [-0.4, -0.2) is 24.9 Å². The van der Waals surface area contributed by atoms with Crippen molar-refractivity contribution < 1.29 is 14.6 Å². The van der Waals surface area contributed by atoms with Gasteiger partial charge >= 0.3 is 6.09 Å². The van der Waals surface area contributed by atoms with E-state index in [1.54, 1.807) is 0 Å². The first-order chi connectivity index (χ1) is 8.74. The molecule has 4 nitrogen and oxygen atoms in total. The number of ether oxygens (including phenoxy) is 1. The van der Waals surface area contributed by atoms with E-state index in [2.05, 4.69) is 10.1 Å². The Hall–Kier alpha value is -2.07. The van der Waals surface area contributed by atoms with Crippen LogP contribution < -0.4 is 5.32 Å². The van der Waals surface area contributed by atoms with Crippen LogP contribution in [0, 0.1) is 0 Å². The summed E-state index contributed by atoms with van der Waals surface area (Å²) in [7, 11) is 1.30. The number of nitrogens with one attached hydrogen (secondary N) is 1. The maximum Gasteiger partial charge on any atom is 0.407 e. The van der Waals surface area contributed by atoms with E-state index in [0.29, 0.717) is 0 Å². The summed E-state index contributed by atoms with van der Waals surface area (Å²) < 4.78 is 4.53. The van der Waals surface area contributed by atoms with Crippen molar-refractivity contribution in [3.05, 3.63) is 48.0 Å². The van der Waals surface area contributed by atoms with E-state index >= 15 is 0 Å². The third kappa shape index (κ3) is 2.60. The first-order valence-corrected chi connectivity index (χ1v) is 5.68. The monoisotopic (exact) mass is 245 g/mol. The van der Waals surface area contributed by atoms with Crippen LogP contribution >= 0.6 is 0 Å². The summed E-state index contributed by atoms with van der Waals surface area (Å²) in [6, 6.07) is 13.3. The van der Waals surface area contributed by atoms with Crippen LogP contribution in [0.25, 0.3) is 10.8 Å². The highest BCUT2D eigenvalue weighted by atomic mass is 16.5. The van der Waals surface area contributed by atoms with E-state index in [1.165, 1.54) is 7.11 Å². The molecule has 0 spiro atoms. The maximum absolute atomic E-state index is 11.2. The van der Waals surface area contributed by atoms with Gasteiger partial charge in [0.05, 0.1) is 19.8 Å². The summed E-state index contributed by atoms with van der Waals surface area (Å²) in [6.45, 7) is -0.173. The lowest BCUT2D eigenvalue weighted by atomic mass is 10.0. The molecule has 18 heavy (non-hydrogen) atoms. The molecule has 2 aromatic rings. The minimum absolute atomic E-state index is 0.173. The fourth-order valence-corrected chi connectivity index (χ4v) is 1.86. The van der Waals surface area contributed by atoms with Crippen molar-refractivity contribution >= 4 is 16.9 Å². The average Bonchev–Trinajstić information content (AvgIpc) is 2.44. The number of aliphatic hydroxyl groups is 1. The first-order valence-electron chi connectivity index (χ1n) is 5.68. The summed E-state index contributed by atoms with van der Waals surface area (Å²) in [4.78, 5) is 11.2. The lowest BCUT2D eigenvalue weighted by Gasteiger charge is -2.16. The molecule has 0 saturated carbocycles. The third-order valence-corrected chi connectivity index (χ3v) is 2.84. The lowest BCUT2D eigenvalue weighted by molar-refractivity contribution is 0.157. The summed E-state index contributed by atoms with van der Waals surface area (Å²) >= 11 is 0. The van der Waals surface area contributed by atoms with E-state index in [9.17, 15) is 9.90 Å². The number of aliphatic hydroxyl groups excluding tert-OH is 1. The van der Waals surface area contributed by atoms with Gasteiger partial charge in [-0.25, -0.2) is 4.79 Å². The van der Waals surface area contributed by atoms with Gasteiger partial charge in [-0.2, -0.15) is 0 Å². The molecule has 2 rings (SSSR count). The summed E-state index contributed by atoms with van der Waals surface area (Å²) in [5.41, 5.74) is 0.849. The fourth-order valence-electron chi connectivity index (χ4n) is 1.86. The molecule has 1 atom stereocenters. The van der Waals surface area contributed by atoms with Crippen molar-refractivity contribution in [1.82, 2.24) is 5.32 Å². The maximum atomic E-state index is 11.2. The second kappa shape index (κ2) is 5.51. The van der Waals surface area contributed by atoms with Crippen LogP contribution in [0.2, 0.25) is 0 Å². The molecule has 2 aromatic carbocycles. The normalized spacial score (nSPS) is 12.1. The smallest absolute Gasteiger partial charge is 0.407 e. The molecule has 0 unspecified atom stereocenters. The van der Waals surface area contributed by atoms with Crippen molar-refractivity contribution in [2.24, 2.45) is 0 Å². The zero-order valence-electron chi connectivity index (χ0n) is 10.1. The molecule has 0 aromatic heterocycles. The lowest BCUT2D eigenvalue weighted by Crippen LogP contribution is -2.30. The van der Waals surface area contributed by atoms with Crippen molar-refractivity contribution in [1.29, 1.82) is 0 Å². The zero-order chi connectivity index (χ0) is 13.0. The van der Waals surface area contributed by atoms with Crippen molar-refractivity contribution in [3.8, 4) is 0 Å². The minimum Gasteiger partial charge on any atom is -0.453 e. The van der Waals surface area contributed by atoms with Crippen molar-refractivity contribution in [3.63, 3.8) is 0 Å². The van der Waals surface area contributed by atoms with Crippen LogP contribution in [0.15, 0.2) is 42.5 Å². The van der Waals surface area contributed by atoms with E-state index < -0.39 is 12.1 Å². The largest absolute Gasteiger partial charge is 0.453 e. The predicted octanol–water partition coefficient (Wildman–Crippen LogP) is 2.23. The quantitative estimate of drug-likeness (QED) is 0.871. The molecule has 94 valence electrons. The standard InChI is InChI=1S/C14H15NO3/c1-18-14(17)15-13(9-16)12-7-6-10-4-2-3-5-11(10)8-12/h2-8,13,16H,9H2,1H3,(H,15,17)/t13-/m1/s1. The van der Waals surface area contributed by atoms with Gasteiger partial charge in [0.1, 0.15) is 0 Å². The van der Waals surface area contributed by atoms with Crippen molar-refractivity contribution in [2.75, 3.05) is 13.7 Å². The second-order valence-corrected chi connectivity index (χ2v) is 3.98. The number of alkyl carbamates (subject to hydrolysis) is 1. The van der Waals surface area contributed by atoms with Gasteiger partial charge in [-0.15, -0.1) is 0 Å². The molecule has 4 heteroatoms. The van der Waals surface area contributed by atoms with Gasteiger partial charge in [0.15, 0.2) is 0 Å². The number of carbonyl (C=O) groups excluding carboxylic acids is 1. The number of fused-ring (bicyclic) bond motifs is 1. The molecule has 2 N–H and O–H groups in total. The molecular weight excluding hydrogens is 230 g/mol. The van der Waals surface area contributed by atoms with Gasteiger partial charge in [-0.1, -0.05) is 36.4 Å². The highest BCUT2D eigenvalue weighted by Gasteiger charge is 2.13. The number of benzene rings is 2. The zero-order valence-corrected chi connectivity index (χ0v) is 10.1. The van der Waals surface area contributed by atoms with Gasteiger partial charge in [0, 0.05) is 0 Å². The molecule has 0 heterocycles. The van der Waals surface area contributed by atoms with Crippen LogP contribution in [0.5, 0.6) is 0 Å². The Morgan fingerprint density at radius 1 is 1.28 bits per heavy atom. The Labute approximate surface area is 105 Å². The molecule has 1 amide bonds. The van der Waals surface area contributed by atoms with Gasteiger partial charge in [0.2, 0.25) is 0 Å². The number of rotatable bonds is 3. The Morgan fingerprint density at radius 3 is 2.67 bits per heavy atom. The van der Waals surface area contributed by atoms with E-state index in [4.69, 9.17) is 0 Å². The van der Waals surface area contributed by atoms with E-state index in [1.807, 2.05) is 42.5 Å². The highest BCUT2D eigenvalue weighted by molar-refractivity contribution is 5.83. The highest BCUT2D eigenvalue weighted by Crippen LogP contribution is 2.20. The molecule has 0 radical (unpaired) electrons. The van der Waals surface area contributed by atoms with Gasteiger partial charge < -0.3 is 15.2 Å².